The lowest BCUT2D eigenvalue weighted by Crippen LogP contribution is -2.39. The van der Waals surface area contributed by atoms with Gasteiger partial charge in [-0.15, -0.1) is 0 Å². The van der Waals surface area contributed by atoms with E-state index in [9.17, 15) is 8.42 Å². The Bertz CT molecular complexity index is 269. The molecule has 0 radical (unpaired) electrons. The summed E-state index contributed by atoms with van der Waals surface area (Å²) in [6.07, 6.45) is 0. The molecule has 0 spiro atoms. The zero-order chi connectivity index (χ0) is 9.12. The third kappa shape index (κ3) is 5.65. The predicted molar refractivity (Wildman–Crippen MR) is 41.0 cm³/mol. The first-order chi connectivity index (χ1) is 4.77. The van der Waals surface area contributed by atoms with Crippen LogP contribution < -0.4 is 4.72 Å². The number of nitrogens with zero attached hydrogens (tertiary/aromatic N) is 3. The average Bonchev–Trinajstić information content (AvgIpc) is 1.55. The maximum Gasteiger partial charge on any atom is 0.300 e. The standard InChI is InChI=1S/C4H10N4O2S/c1-4(2,3)6-11(9,10)8-7-5/h6H,1-3H3. The molecule has 6 nitrogen and oxygen atoms in total. The summed E-state index contributed by atoms with van der Waals surface area (Å²) in [5, 5.41) is 0. The summed E-state index contributed by atoms with van der Waals surface area (Å²) in [5.74, 6) is 0. The van der Waals surface area contributed by atoms with Gasteiger partial charge in [-0.1, -0.05) is 0 Å². The SMILES string of the molecule is CC(C)(C)NS(=O)(=O)N=[N+]=[N-]. The van der Waals surface area contributed by atoms with Crippen LogP contribution in [0.1, 0.15) is 20.8 Å². The number of rotatable bonds is 2. The molecule has 0 aliphatic rings. The molecule has 0 aliphatic carbocycles. The minimum atomic E-state index is -3.83. The van der Waals surface area contributed by atoms with Crippen molar-refractivity contribution in [1.29, 1.82) is 0 Å². The van der Waals surface area contributed by atoms with Crippen molar-refractivity contribution in [1.82, 2.24) is 4.72 Å². The molecule has 0 rings (SSSR count). The monoisotopic (exact) mass is 178 g/mol. The molecule has 0 aliphatic heterocycles. The smallest absolute Gasteiger partial charge is 0.204 e. The van der Waals surface area contributed by atoms with Crippen molar-refractivity contribution in [3.63, 3.8) is 0 Å². The Hall–Kier alpha value is -0.780. The minimum Gasteiger partial charge on any atom is -0.204 e. The minimum absolute atomic E-state index is 0.618. The molecular formula is C4H10N4O2S. The average molecular weight is 178 g/mol. The summed E-state index contributed by atoms with van der Waals surface area (Å²) in [4.78, 5) is 2.17. The van der Waals surface area contributed by atoms with Gasteiger partial charge in [0.15, 0.2) is 0 Å². The number of hydrogen-bond acceptors (Lipinski definition) is 2. The highest BCUT2D eigenvalue weighted by Gasteiger charge is 2.17. The van der Waals surface area contributed by atoms with Crippen molar-refractivity contribution < 1.29 is 8.42 Å². The quantitative estimate of drug-likeness (QED) is 0.386. The summed E-state index contributed by atoms with van der Waals surface area (Å²) in [6, 6.07) is 0. The lowest BCUT2D eigenvalue weighted by atomic mass is 10.1. The lowest BCUT2D eigenvalue weighted by Gasteiger charge is -2.17. The first-order valence-electron chi connectivity index (χ1n) is 2.87. The molecule has 0 atom stereocenters. The van der Waals surface area contributed by atoms with E-state index >= 15 is 0 Å². The van der Waals surface area contributed by atoms with Gasteiger partial charge in [-0.05, 0) is 26.3 Å². The largest absolute Gasteiger partial charge is 0.300 e. The van der Waals surface area contributed by atoms with Gasteiger partial charge in [0.2, 0.25) is 0 Å². The Balaban J connectivity index is 4.52. The number of hydrogen-bond donors (Lipinski definition) is 1. The molecule has 64 valence electrons. The summed E-state index contributed by atoms with van der Waals surface area (Å²) in [7, 11) is -3.83. The van der Waals surface area contributed by atoms with Crippen LogP contribution in [0.25, 0.3) is 10.4 Å². The number of azide groups is 1. The zero-order valence-corrected chi connectivity index (χ0v) is 7.38. The van der Waals surface area contributed by atoms with Crippen LogP contribution in [-0.2, 0) is 10.2 Å². The topological polar surface area (TPSA) is 94.9 Å². The van der Waals surface area contributed by atoms with Crippen LogP contribution >= 0.6 is 0 Å². The molecule has 0 aromatic carbocycles. The molecule has 0 aromatic rings. The van der Waals surface area contributed by atoms with Crippen LogP contribution in [0.3, 0.4) is 0 Å². The fourth-order valence-corrected chi connectivity index (χ4v) is 1.37. The highest BCUT2D eigenvalue weighted by atomic mass is 32.2. The van der Waals surface area contributed by atoms with E-state index in [4.69, 9.17) is 5.53 Å². The van der Waals surface area contributed by atoms with E-state index in [-0.39, 0.29) is 0 Å². The third-order valence-electron chi connectivity index (χ3n) is 0.579. The van der Waals surface area contributed by atoms with Gasteiger partial charge in [-0.3, -0.25) is 0 Å². The van der Waals surface area contributed by atoms with Gasteiger partial charge in [0.25, 0.3) is 0 Å². The maximum absolute atomic E-state index is 10.7. The molecule has 11 heavy (non-hydrogen) atoms. The molecule has 0 fully saturated rings. The Morgan fingerprint density at radius 1 is 1.45 bits per heavy atom. The second-order valence-electron chi connectivity index (χ2n) is 3.00. The third-order valence-corrected chi connectivity index (χ3v) is 1.74. The van der Waals surface area contributed by atoms with Gasteiger partial charge in [0, 0.05) is 15.0 Å². The lowest BCUT2D eigenvalue weighted by molar-refractivity contribution is 0.492. The van der Waals surface area contributed by atoms with Gasteiger partial charge < -0.3 is 0 Å². The van der Waals surface area contributed by atoms with Crippen LogP contribution in [0.15, 0.2) is 4.52 Å². The maximum atomic E-state index is 10.7. The van der Waals surface area contributed by atoms with Crippen molar-refractivity contribution in [3.8, 4) is 0 Å². The van der Waals surface area contributed by atoms with Crippen molar-refractivity contribution in [2.24, 2.45) is 4.52 Å². The first kappa shape index (κ1) is 10.2. The summed E-state index contributed by atoms with van der Waals surface area (Å²) < 4.78 is 26.2. The molecule has 0 aromatic heterocycles. The van der Waals surface area contributed by atoms with E-state index in [1.807, 2.05) is 0 Å². The van der Waals surface area contributed by atoms with E-state index in [1.54, 1.807) is 20.8 Å². The normalized spacial score (nSPS) is 12.3. The summed E-state index contributed by atoms with van der Waals surface area (Å²) >= 11 is 0. The molecule has 0 heterocycles. The highest BCUT2D eigenvalue weighted by Crippen LogP contribution is 2.02. The van der Waals surface area contributed by atoms with E-state index in [0.29, 0.717) is 0 Å². The molecule has 0 saturated carbocycles. The Morgan fingerprint density at radius 3 is 2.18 bits per heavy atom. The Labute approximate surface area is 65.4 Å². The van der Waals surface area contributed by atoms with Gasteiger partial charge >= 0.3 is 10.2 Å². The van der Waals surface area contributed by atoms with E-state index in [1.165, 1.54) is 0 Å². The second-order valence-corrected chi connectivity index (χ2v) is 4.32. The van der Waals surface area contributed by atoms with E-state index in [2.05, 4.69) is 14.2 Å². The van der Waals surface area contributed by atoms with Gasteiger partial charge in [0.1, 0.15) is 0 Å². The molecule has 0 bridgehead atoms. The fraction of sp³-hybridized carbons (Fsp3) is 1.00. The molecular weight excluding hydrogens is 168 g/mol. The van der Waals surface area contributed by atoms with E-state index < -0.39 is 15.7 Å². The molecule has 1 N–H and O–H groups in total. The van der Waals surface area contributed by atoms with Crippen LogP contribution in [0.4, 0.5) is 0 Å². The van der Waals surface area contributed by atoms with E-state index in [0.717, 1.165) is 0 Å². The first-order valence-corrected chi connectivity index (χ1v) is 4.31. The van der Waals surface area contributed by atoms with Crippen LogP contribution in [-0.4, -0.2) is 14.0 Å². The highest BCUT2D eigenvalue weighted by molar-refractivity contribution is 7.88. The molecule has 0 unspecified atom stereocenters. The van der Waals surface area contributed by atoms with Crippen molar-refractivity contribution in [3.05, 3.63) is 10.4 Å². The second kappa shape index (κ2) is 3.08. The predicted octanol–water partition coefficient (Wildman–Crippen LogP) is 0.930. The molecule has 7 heteroatoms. The van der Waals surface area contributed by atoms with Crippen LogP contribution in [0, 0.1) is 0 Å². The summed E-state index contributed by atoms with van der Waals surface area (Å²) in [6.45, 7) is 4.95. The molecule has 0 saturated heterocycles. The summed E-state index contributed by atoms with van der Waals surface area (Å²) in [5.41, 5.74) is 7.22. The van der Waals surface area contributed by atoms with Gasteiger partial charge in [-0.2, -0.15) is 0 Å². The van der Waals surface area contributed by atoms with Crippen molar-refractivity contribution >= 4 is 10.2 Å². The molecule has 0 amide bonds. The van der Waals surface area contributed by atoms with Gasteiger partial charge in [-0.25, -0.2) is 13.1 Å². The fourth-order valence-electron chi connectivity index (χ4n) is 0.455. The zero-order valence-electron chi connectivity index (χ0n) is 6.57. The Kier molecular flexibility index (Phi) is 2.86. The van der Waals surface area contributed by atoms with Crippen molar-refractivity contribution in [2.45, 2.75) is 26.3 Å². The van der Waals surface area contributed by atoms with Crippen LogP contribution in [0.5, 0.6) is 0 Å². The number of nitrogens with one attached hydrogen (secondary N) is 1. The van der Waals surface area contributed by atoms with Gasteiger partial charge in [0.05, 0.1) is 0 Å². The van der Waals surface area contributed by atoms with Crippen molar-refractivity contribution in [2.75, 3.05) is 0 Å². The van der Waals surface area contributed by atoms with Crippen LogP contribution in [0.2, 0.25) is 0 Å². The Morgan fingerprint density at radius 2 is 1.91 bits per heavy atom.